The van der Waals surface area contributed by atoms with Crippen LogP contribution in [0.25, 0.3) is 98.9 Å². The van der Waals surface area contributed by atoms with Gasteiger partial charge in [0.1, 0.15) is 0 Å². The molecule has 0 spiro atoms. The van der Waals surface area contributed by atoms with Gasteiger partial charge in [-0.05, 0) is 333 Å². The van der Waals surface area contributed by atoms with E-state index in [1.165, 1.54) is 59.6 Å². The van der Waals surface area contributed by atoms with Crippen molar-refractivity contribution in [3.8, 4) is 55.6 Å². The van der Waals surface area contributed by atoms with Crippen LogP contribution in [-0.4, -0.2) is 65.8 Å². The third-order valence-electron chi connectivity index (χ3n) is 23.2. The molecule has 31 heteroatoms. The first-order valence-electron chi connectivity index (χ1n) is 44.6. The van der Waals surface area contributed by atoms with Crippen molar-refractivity contribution in [3.63, 3.8) is 0 Å². The number of alkyl halides is 9. The Morgan fingerprint density at radius 1 is 0.340 bits per heavy atom. The van der Waals surface area contributed by atoms with Crippen LogP contribution in [0.5, 0.6) is 0 Å². The number of carbonyl (C=O) groups is 6. The second kappa shape index (κ2) is 44.7. The second-order valence-corrected chi connectivity index (χ2v) is 34.7. The average molecular weight is 1980 g/mol. The molecular weight excluding hydrogens is 1890 g/mol. The van der Waals surface area contributed by atoms with E-state index in [4.69, 9.17) is 17.3 Å². The van der Waals surface area contributed by atoms with Gasteiger partial charge in [-0.2, -0.15) is 55.9 Å². The van der Waals surface area contributed by atoms with Crippen molar-refractivity contribution in [2.75, 3.05) is 37.2 Å². The minimum atomic E-state index is -4.56. The lowest BCUT2D eigenvalue weighted by molar-refractivity contribution is -0.138. The smallest absolute Gasteiger partial charge is 0.366 e. The van der Waals surface area contributed by atoms with Gasteiger partial charge in [-0.1, -0.05) is 121 Å². The molecule has 6 heterocycles. The number of nitrogens with one attached hydrogen (secondary N) is 8. The number of fused-ring (bicyclic) bond motifs is 4. The van der Waals surface area contributed by atoms with Gasteiger partial charge in [0.2, 0.25) is 11.8 Å². The molecule has 0 aliphatic rings. The summed E-state index contributed by atoms with van der Waals surface area (Å²) >= 11 is 7.73. The van der Waals surface area contributed by atoms with Crippen molar-refractivity contribution in [1.82, 2.24) is 30.1 Å². The molecule has 144 heavy (non-hydrogen) atoms. The lowest BCUT2D eigenvalue weighted by Crippen LogP contribution is -2.21. The molecule has 0 fully saturated rings. The number of thiophene rings is 1. The highest BCUT2D eigenvalue weighted by Gasteiger charge is 2.35. The molecule has 13 aromatic carbocycles. The fourth-order valence-electron chi connectivity index (χ4n) is 15.6. The highest BCUT2D eigenvalue weighted by molar-refractivity contribution is 7.08. The molecule has 6 aromatic heterocycles. The second-order valence-electron chi connectivity index (χ2n) is 33.5. The van der Waals surface area contributed by atoms with E-state index >= 15 is 0 Å². The summed E-state index contributed by atoms with van der Waals surface area (Å²) in [5, 5.41) is 38.0. The van der Waals surface area contributed by atoms with Gasteiger partial charge < -0.3 is 43.0 Å². The number of aryl methyl sites for hydroxylation is 6. The molecule has 19 aromatic rings. The van der Waals surface area contributed by atoms with Gasteiger partial charge in [0.05, 0.1) is 46.1 Å². The molecule has 722 valence electrons. The number of hydrogen-bond donors (Lipinski definition) is 9. The Bertz CT molecular complexity index is 8040. The molecule has 10 N–H and O–H groups in total. The van der Waals surface area contributed by atoms with Crippen molar-refractivity contribution in [2.24, 2.45) is 5.73 Å². The molecule has 20 nitrogen and oxygen atoms in total. The molecule has 0 saturated carbocycles. The Balaban J connectivity index is 0.000000136. The minimum absolute atomic E-state index is 0.000847. The number of halogens is 10. The number of pyridine rings is 4. The molecule has 0 saturated heterocycles. The number of rotatable bonds is 17. The summed E-state index contributed by atoms with van der Waals surface area (Å²) in [5.74, 6) is -1.89. The number of aromatic amines is 1. The number of hydrogen-bond acceptors (Lipinski definition) is 12. The van der Waals surface area contributed by atoms with Crippen LogP contribution in [0.3, 0.4) is 0 Å². The number of para-hydroxylation sites is 1. The van der Waals surface area contributed by atoms with E-state index in [-0.39, 0.29) is 34.3 Å². The normalized spacial score (nSPS) is 11.1. The van der Waals surface area contributed by atoms with Gasteiger partial charge in [0, 0.05) is 127 Å². The lowest BCUT2D eigenvalue weighted by atomic mass is 9.98. The van der Waals surface area contributed by atoms with Gasteiger partial charge in [-0.3, -0.25) is 44.2 Å². The number of nitrogens with two attached hydrogens (primary N) is 1. The SMILES string of the molecule is Cc1ccc(NC(=O)Cc2ccsc2)cc1-c1ccc2ccncc2c1.Cc1ccc(NC(=O)Nc2ccc(C)c(-c3ccc4ccncc4c3)c2)cc1Cl.Cc1ccc(NC(=O)Nc2ccccc2C(F)(F)F)cc1-c1ccc2ccncc2c1.Cc1ccc(NC(=O)c2cccc(C(F)(F)F)c2)cc1-c1ccc2cn[nH]c2c1.Cc1ccc(NC(=O)c2cccc(C(F)(F)F)c2)cc1-c1cncc(C(N)=O)c1. The minimum Gasteiger partial charge on any atom is -0.366 e. The number of primary amides is 1. The van der Waals surface area contributed by atoms with Crippen LogP contribution in [0, 0.1) is 41.5 Å². The highest BCUT2D eigenvalue weighted by atomic mass is 35.5. The Morgan fingerprint density at radius 3 is 1.17 bits per heavy atom. The average Bonchev–Trinajstić information content (AvgIpc) is 1.47. The predicted octanol–water partition coefficient (Wildman–Crippen LogP) is 29.4. The van der Waals surface area contributed by atoms with Gasteiger partial charge in [-0.25, -0.2) is 9.59 Å². The van der Waals surface area contributed by atoms with Crippen LogP contribution in [0.15, 0.2) is 352 Å². The van der Waals surface area contributed by atoms with E-state index in [9.17, 15) is 68.3 Å². The van der Waals surface area contributed by atoms with Gasteiger partial charge in [0.15, 0.2) is 0 Å². The number of aromatic nitrogens is 6. The maximum atomic E-state index is 13.1. The molecule has 0 bridgehead atoms. The Morgan fingerprint density at radius 2 is 0.743 bits per heavy atom. The van der Waals surface area contributed by atoms with Gasteiger partial charge >= 0.3 is 30.6 Å². The van der Waals surface area contributed by atoms with Crippen molar-refractivity contribution < 1.29 is 68.3 Å². The fourth-order valence-corrected chi connectivity index (χ4v) is 16.4. The van der Waals surface area contributed by atoms with Crippen LogP contribution in [0.4, 0.5) is 88.9 Å². The quantitative estimate of drug-likeness (QED) is 0.0386. The standard InChI is InChI=1S/C24H20ClN3O.C24H18F3N3O.C22H16F3N3O.C22H18N2OS.C21H16F3N3O2/c1-15-3-7-20(27-24(29)28-21-8-4-16(2)23(25)13-21)12-22(15)18-6-5-17-9-10-26-14-19(17)11-18;1-15-6-9-19(13-20(15)17-8-7-16-10-11-28-14-18(16)12-17)29-23(31)30-22-5-3-2-4-21(22)24(25,26)27;1-13-5-8-18(11-19(13)14-6-7-16-12-26-28-20(16)10-14)27-21(29)15-3-2-4-17(9-15)22(23,24)25;1-15-2-5-20(24-22(25)10-16-7-9-26-14-16)12-21(15)18-4-3-17-6-8-23-13-19(17)11-18;1-12-5-6-17(9-18(12)14-7-15(19(25)28)11-26-10-14)27-20(29)13-3-2-4-16(8-13)21(22,23)24/h3-14H,1-2H3,(H2,27,28,29);2-14H,1H3,(H2,29,30,31);2-12H,1H3,(H,26,28)(H,27,29);2-9,11-14H,10H2,1H3,(H,24,25);2-11H,1H3,(H2,25,28)(H,27,29). The summed E-state index contributed by atoms with van der Waals surface area (Å²) in [7, 11) is 0. The van der Waals surface area contributed by atoms with Crippen molar-refractivity contribution in [2.45, 2.75) is 66.5 Å². The van der Waals surface area contributed by atoms with E-state index < -0.39 is 59.0 Å². The monoisotopic (exact) mass is 1970 g/mol. The van der Waals surface area contributed by atoms with Crippen LogP contribution in [0.2, 0.25) is 5.02 Å². The molecule has 8 amide bonds. The number of urea groups is 2. The summed E-state index contributed by atoms with van der Waals surface area (Å²) in [5.41, 5.74) is 23.4. The van der Waals surface area contributed by atoms with E-state index in [2.05, 4.69) is 118 Å². The zero-order valence-electron chi connectivity index (χ0n) is 77.6. The van der Waals surface area contributed by atoms with Crippen molar-refractivity contribution in [3.05, 3.63) is 429 Å². The highest BCUT2D eigenvalue weighted by Crippen LogP contribution is 2.40. The van der Waals surface area contributed by atoms with E-state index in [1.54, 1.807) is 103 Å². The lowest BCUT2D eigenvalue weighted by Gasteiger charge is -2.15. The summed E-state index contributed by atoms with van der Waals surface area (Å²) in [6.45, 7) is 11.8. The summed E-state index contributed by atoms with van der Waals surface area (Å²) in [4.78, 5) is 89.9. The first-order chi connectivity index (χ1) is 68.9. The molecule has 19 rings (SSSR count). The Kier molecular flexibility index (Phi) is 31.4. The molecule has 0 aliphatic heterocycles. The molecule has 0 unspecified atom stereocenters. The van der Waals surface area contributed by atoms with Gasteiger partial charge in [0.25, 0.3) is 11.8 Å². The first-order valence-corrected chi connectivity index (χ1v) is 45.9. The number of carbonyl (C=O) groups excluding carboxylic acids is 6. The maximum Gasteiger partial charge on any atom is 0.418 e. The van der Waals surface area contributed by atoms with Crippen molar-refractivity contribution in [1.29, 1.82) is 0 Å². The molecule has 0 atom stereocenters. The molecule has 0 aliphatic carbocycles. The van der Waals surface area contributed by atoms with Crippen molar-refractivity contribution >= 4 is 142 Å². The topological polar surface area (TPSA) is 293 Å². The number of H-pyrrole nitrogens is 1. The maximum absolute atomic E-state index is 13.1. The fraction of sp³-hybridized carbons (Fsp3) is 0.0885. The zero-order chi connectivity index (χ0) is 102. The van der Waals surface area contributed by atoms with E-state index in [1.807, 2.05) is 172 Å². The summed E-state index contributed by atoms with van der Waals surface area (Å²) in [6, 6.07) is 79.4. The van der Waals surface area contributed by atoms with Gasteiger partial charge in [-0.15, -0.1) is 0 Å². The third kappa shape index (κ3) is 26.1. The summed E-state index contributed by atoms with van der Waals surface area (Å²) in [6.07, 6.45) is 2.26. The Hall–Kier alpha value is -17.5. The van der Waals surface area contributed by atoms with Crippen LogP contribution < -0.4 is 43.0 Å². The third-order valence-corrected chi connectivity index (χ3v) is 24.3. The largest absolute Gasteiger partial charge is 0.418 e. The van der Waals surface area contributed by atoms with E-state index in [0.717, 1.165) is 152 Å². The van der Waals surface area contributed by atoms with Crippen LogP contribution >= 0.6 is 22.9 Å². The number of amides is 8. The zero-order valence-corrected chi connectivity index (χ0v) is 79.2. The number of benzene rings is 13. The molecule has 0 radical (unpaired) electrons. The number of nitrogens with zero attached hydrogens (tertiary/aromatic N) is 5. The predicted molar refractivity (Wildman–Crippen MR) is 553 cm³/mol. The van der Waals surface area contributed by atoms with Crippen LogP contribution in [-0.2, 0) is 29.7 Å². The summed E-state index contributed by atoms with van der Waals surface area (Å²) < 4.78 is 117. The first kappa shape index (κ1) is 101. The molecular formula is C113H88ClF9N14O6S. The van der Waals surface area contributed by atoms with Crippen LogP contribution in [0.1, 0.15) is 86.7 Å². The van der Waals surface area contributed by atoms with E-state index in [0.29, 0.717) is 51.0 Å². The number of anilines is 7. The Labute approximate surface area is 829 Å².